The predicted octanol–water partition coefficient (Wildman–Crippen LogP) is 2.68. The molecule has 3 heteroatoms. The van der Waals surface area contributed by atoms with Gasteiger partial charge in [-0.2, -0.15) is 0 Å². The van der Waals surface area contributed by atoms with E-state index in [-0.39, 0.29) is 5.92 Å². The molecule has 0 amide bonds. The summed E-state index contributed by atoms with van der Waals surface area (Å²) >= 11 is 0. The van der Waals surface area contributed by atoms with E-state index in [4.69, 9.17) is 9.47 Å². The predicted molar refractivity (Wildman–Crippen MR) is 60.3 cm³/mol. The number of hydrogen-bond donors (Lipinski definition) is 0. The summed E-state index contributed by atoms with van der Waals surface area (Å²) in [5.41, 5.74) is 0.364. The van der Waals surface area contributed by atoms with Gasteiger partial charge in [0, 0.05) is 19.4 Å². The Morgan fingerprint density at radius 2 is 2.07 bits per heavy atom. The van der Waals surface area contributed by atoms with Gasteiger partial charge in [0.05, 0.1) is 6.61 Å². The van der Waals surface area contributed by atoms with E-state index in [0.717, 1.165) is 0 Å². The molecule has 0 fully saturated rings. The summed E-state index contributed by atoms with van der Waals surface area (Å²) in [7, 11) is 0. The molecule has 0 radical (unpaired) electrons. The van der Waals surface area contributed by atoms with Crippen LogP contribution in [-0.2, 0) is 14.3 Å². The van der Waals surface area contributed by atoms with Crippen molar-refractivity contribution >= 4 is 5.97 Å². The van der Waals surface area contributed by atoms with Crippen LogP contribution in [-0.4, -0.2) is 18.4 Å². The van der Waals surface area contributed by atoms with Crippen LogP contribution in [0.4, 0.5) is 0 Å². The number of rotatable bonds is 6. The maximum absolute atomic E-state index is 11.3. The topological polar surface area (TPSA) is 35.5 Å². The zero-order valence-corrected chi connectivity index (χ0v) is 10.0. The van der Waals surface area contributed by atoms with Gasteiger partial charge in [-0.25, -0.2) is 4.79 Å². The van der Waals surface area contributed by atoms with E-state index >= 15 is 0 Å². The molecule has 0 spiro atoms. The molecule has 15 heavy (non-hydrogen) atoms. The second-order valence-corrected chi connectivity index (χ2v) is 4.09. The molecule has 0 N–H and O–H groups in total. The fourth-order valence-electron chi connectivity index (χ4n) is 0.740. The molecule has 1 unspecified atom stereocenters. The number of hydrogen-bond acceptors (Lipinski definition) is 3. The van der Waals surface area contributed by atoms with Gasteiger partial charge in [0.2, 0.25) is 5.79 Å². The van der Waals surface area contributed by atoms with Gasteiger partial charge in [0.15, 0.2) is 0 Å². The summed E-state index contributed by atoms with van der Waals surface area (Å²) in [6.07, 6.45) is 1.79. The van der Waals surface area contributed by atoms with Crippen molar-refractivity contribution in [1.82, 2.24) is 0 Å². The first-order valence-corrected chi connectivity index (χ1v) is 4.94. The summed E-state index contributed by atoms with van der Waals surface area (Å²) < 4.78 is 10.5. The number of carbonyl (C=O) groups excluding carboxylic acids is 1. The fraction of sp³-hybridized carbons (Fsp3) is 0.583. The van der Waals surface area contributed by atoms with E-state index in [1.165, 1.54) is 0 Å². The molecular formula is C12H20O3. The van der Waals surface area contributed by atoms with Crippen molar-refractivity contribution in [2.45, 2.75) is 33.5 Å². The van der Waals surface area contributed by atoms with Crippen LogP contribution in [0.3, 0.4) is 0 Å². The quantitative estimate of drug-likeness (QED) is 0.294. The molecule has 0 aliphatic rings. The van der Waals surface area contributed by atoms with Crippen LogP contribution in [0.25, 0.3) is 0 Å². The molecule has 0 saturated heterocycles. The fourth-order valence-corrected chi connectivity index (χ4v) is 0.740. The second-order valence-electron chi connectivity index (χ2n) is 4.09. The molecule has 0 rings (SSSR count). The Hall–Kier alpha value is -1.09. The average molecular weight is 212 g/mol. The van der Waals surface area contributed by atoms with Crippen LogP contribution in [0.2, 0.25) is 0 Å². The average Bonchev–Trinajstić information content (AvgIpc) is 2.13. The summed E-state index contributed by atoms with van der Waals surface area (Å²) in [6.45, 7) is 14.6. The lowest BCUT2D eigenvalue weighted by molar-refractivity contribution is -0.214. The minimum Gasteiger partial charge on any atom is -0.430 e. The van der Waals surface area contributed by atoms with Gasteiger partial charge < -0.3 is 9.47 Å². The van der Waals surface area contributed by atoms with Gasteiger partial charge >= 0.3 is 5.97 Å². The highest BCUT2D eigenvalue weighted by Crippen LogP contribution is 2.15. The van der Waals surface area contributed by atoms with Crippen molar-refractivity contribution in [3.05, 3.63) is 24.8 Å². The summed E-state index contributed by atoms with van der Waals surface area (Å²) in [4.78, 5) is 11.3. The van der Waals surface area contributed by atoms with Gasteiger partial charge in [-0.3, -0.25) is 0 Å². The summed E-state index contributed by atoms with van der Waals surface area (Å²) in [6, 6.07) is 0. The molecule has 0 heterocycles. The second kappa shape index (κ2) is 5.71. The number of carbonyl (C=O) groups is 1. The van der Waals surface area contributed by atoms with Crippen LogP contribution < -0.4 is 0 Å². The monoisotopic (exact) mass is 212 g/mol. The lowest BCUT2D eigenvalue weighted by atomic mass is 10.2. The maximum Gasteiger partial charge on any atom is 0.335 e. The van der Waals surface area contributed by atoms with Crippen LogP contribution in [0, 0.1) is 5.92 Å². The van der Waals surface area contributed by atoms with Gasteiger partial charge in [-0.1, -0.05) is 19.6 Å². The van der Waals surface area contributed by atoms with Crippen LogP contribution >= 0.6 is 0 Å². The molecule has 0 saturated carbocycles. The molecule has 3 nitrogen and oxygen atoms in total. The Balaban J connectivity index is 4.12. The van der Waals surface area contributed by atoms with Gasteiger partial charge in [-0.15, -0.1) is 6.58 Å². The molecule has 0 aromatic rings. The highest BCUT2D eigenvalue weighted by molar-refractivity contribution is 5.87. The number of esters is 1. The van der Waals surface area contributed by atoms with E-state index in [9.17, 15) is 4.79 Å². The minimum atomic E-state index is -0.923. The zero-order valence-electron chi connectivity index (χ0n) is 10.0. The SMILES string of the molecule is C=CC(C)COC(C)(C)OC(=O)C(=C)C. The van der Waals surface area contributed by atoms with E-state index < -0.39 is 11.8 Å². The zero-order chi connectivity index (χ0) is 12.1. The third kappa shape index (κ3) is 6.07. The Bertz CT molecular complexity index is 254. The Morgan fingerprint density at radius 3 is 2.47 bits per heavy atom. The molecule has 0 aromatic heterocycles. The van der Waals surface area contributed by atoms with Crippen molar-refractivity contribution in [2.24, 2.45) is 5.92 Å². The minimum absolute atomic E-state index is 0.229. The van der Waals surface area contributed by atoms with Crippen LogP contribution in [0.5, 0.6) is 0 Å². The Morgan fingerprint density at radius 1 is 1.53 bits per heavy atom. The van der Waals surface area contributed by atoms with Gasteiger partial charge in [0.25, 0.3) is 0 Å². The van der Waals surface area contributed by atoms with E-state index in [0.29, 0.717) is 12.2 Å². The normalized spacial score (nSPS) is 13.1. The number of ether oxygens (including phenoxy) is 2. The standard InChI is InChI=1S/C12H20O3/c1-7-10(4)8-14-12(5,6)15-11(13)9(2)3/h7,10H,1-2,8H2,3-6H3. The van der Waals surface area contributed by atoms with Crippen molar-refractivity contribution in [3.8, 4) is 0 Å². The maximum atomic E-state index is 11.3. The summed E-state index contributed by atoms with van der Waals surface area (Å²) in [5.74, 6) is -1.13. The van der Waals surface area contributed by atoms with E-state index in [1.54, 1.807) is 26.8 Å². The molecule has 0 aliphatic heterocycles. The molecule has 0 aliphatic carbocycles. The van der Waals surface area contributed by atoms with E-state index in [2.05, 4.69) is 13.2 Å². The first-order valence-electron chi connectivity index (χ1n) is 4.94. The molecule has 0 aromatic carbocycles. The highest BCUT2D eigenvalue weighted by atomic mass is 16.7. The smallest absolute Gasteiger partial charge is 0.335 e. The van der Waals surface area contributed by atoms with Crippen LogP contribution in [0.1, 0.15) is 27.7 Å². The summed E-state index contributed by atoms with van der Waals surface area (Å²) in [5, 5.41) is 0. The van der Waals surface area contributed by atoms with Crippen molar-refractivity contribution in [3.63, 3.8) is 0 Å². The van der Waals surface area contributed by atoms with Gasteiger partial charge in [-0.05, 0) is 12.8 Å². The van der Waals surface area contributed by atoms with E-state index in [1.807, 2.05) is 6.92 Å². The largest absolute Gasteiger partial charge is 0.430 e. The van der Waals surface area contributed by atoms with Crippen molar-refractivity contribution in [2.75, 3.05) is 6.61 Å². The molecule has 86 valence electrons. The van der Waals surface area contributed by atoms with Gasteiger partial charge in [0.1, 0.15) is 0 Å². The molecular weight excluding hydrogens is 192 g/mol. The highest BCUT2D eigenvalue weighted by Gasteiger charge is 2.24. The third-order valence-electron chi connectivity index (χ3n) is 1.78. The van der Waals surface area contributed by atoms with Crippen molar-refractivity contribution in [1.29, 1.82) is 0 Å². The molecule has 1 atom stereocenters. The lowest BCUT2D eigenvalue weighted by Crippen LogP contribution is -2.33. The van der Waals surface area contributed by atoms with Crippen LogP contribution in [0.15, 0.2) is 24.8 Å². The van der Waals surface area contributed by atoms with Crippen molar-refractivity contribution < 1.29 is 14.3 Å². The first kappa shape index (κ1) is 13.9. The third-order valence-corrected chi connectivity index (χ3v) is 1.78. The Kier molecular flexibility index (Phi) is 5.29. The Labute approximate surface area is 91.8 Å². The first-order chi connectivity index (χ1) is 6.78. The lowest BCUT2D eigenvalue weighted by Gasteiger charge is -2.26. The molecule has 0 bridgehead atoms.